The lowest BCUT2D eigenvalue weighted by atomic mass is 9.80. The number of amides is 2. The van der Waals surface area contributed by atoms with E-state index in [9.17, 15) is 14.8 Å². The molecule has 0 spiro atoms. The summed E-state index contributed by atoms with van der Waals surface area (Å²) in [5.41, 5.74) is 1.92. The highest BCUT2D eigenvalue weighted by molar-refractivity contribution is 5.93. The highest BCUT2D eigenvalue weighted by Crippen LogP contribution is 2.30. The average molecular weight is 374 g/mol. The summed E-state index contributed by atoms with van der Waals surface area (Å²) in [6.45, 7) is 7.74. The van der Waals surface area contributed by atoms with Crippen LogP contribution in [0, 0.1) is 18.3 Å². The van der Waals surface area contributed by atoms with Gasteiger partial charge in [0.25, 0.3) is 5.95 Å². The van der Waals surface area contributed by atoms with E-state index in [4.69, 9.17) is 5.84 Å². The van der Waals surface area contributed by atoms with Gasteiger partial charge in [0.15, 0.2) is 0 Å². The molecule has 2 rings (SSSR count). The summed E-state index contributed by atoms with van der Waals surface area (Å²) < 4.78 is 0. The summed E-state index contributed by atoms with van der Waals surface area (Å²) in [6, 6.07) is 5.50. The maximum atomic E-state index is 12.9. The van der Waals surface area contributed by atoms with Gasteiger partial charge in [-0.05, 0) is 30.4 Å². The van der Waals surface area contributed by atoms with Gasteiger partial charge in [0, 0.05) is 0 Å². The number of fused-ring (bicyclic) bond motifs is 1. The van der Waals surface area contributed by atoms with E-state index < -0.39 is 11.8 Å². The number of hydrogen-bond donors (Lipinski definition) is 2. The van der Waals surface area contributed by atoms with Gasteiger partial charge in [-0.2, -0.15) is 0 Å². The molecule has 2 amide bonds. The highest BCUT2D eigenvalue weighted by atomic mass is 16.5. The third-order valence-electron chi connectivity index (χ3n) is 4.76. The first kappa shape index (κ1) is 20.7. The number of benzene rings is 1. The number of nitrogens with two attached hydrogens (primary N) is 1. The predicted molar refractivity (Wildman–Crippen MR) is 100 cm³/mol. The van der Waals surface area contributed by atoms with E-state index in [1.807, 2.05) is 39.8 Å². The lowest BCUT2D eigenvalue weighted by molar-refractivity contribution is -0.155. The van der Waals surface area contributed by atoms with Gasteiger partial charge in [0.1, 0.15) is 5.52 Å². The highest BCUT2D eigenvalue weighted by Gasteiger charge is 2.32. The fourth-order valence-electron chi connectivity index (χ4n) is 2.80. The zero-order valence-corrected chi connectivity index (χ0v) is 16.1. The quantitative estimate of drug-likeness (QED) is 0.237. The number of rotatable bonds is 8. The molecule has 9 nitrogen and oxygen atoms in total. The molecule has 1 aromatic carbocycles. The summed E-state index contributed by atoms with van der Waals surface area (Å²) in [5.74, 6) is 4.75. The molecule has 146 valence electrons. The second-order valence-corrected chi connectivity index (χ2v) is 7.41. The number of hydrogen-bond acceptors (Lipinski definition) is 7. The minimum Gasteiger partial charge on any atom is -0.286 e. The van der Waals surface area contributed by atoms with Crippen molar-refractivity contribution in [3.8, 4) is 0 Å². The fourth-order valence-corrected chi connectivity index (χ4v) is 2.80. The van der Waals surface area contributed by atoms with E-state index in [0.29, 0.717) is 22.5 Å². The lowest BCUT2D eigenvalue weighted by Crippen LogP contribution is -2.47. The molecule has 27 heavy (non-hydrogen) atoms. The second-order valence-electron chi connectivity index (χ2n) is 7.41. The van der Waals surface area contributed by atoms with E-state index in [-0.39, 0.29) is 24.3 Å². The zero-order valence-electron chi connectivity index (χ0n) is 16.1. The van der Waals surface area contributed by atoms with E-state index in [1.165, 1.54) is 0 Å². The monoisotopic (exact) mass is 374 g/mol. The maximum Gasteiger partial charge on any atom is 0.267 e. The Bertz CT molecular complexity index is 826. The number of anilines is 1. The van der Waals surface area contributed by atoms with Crippen LogP contribution in [0.3, 0.4) is 0 Å². The molecule has 0 radical (unpaired) electrons. The topological polar surface area (TPSA) is 126 Å². The van der Waals surface area contributed by atoms with Crippen molar-refractivity contribution in [2.75, 3.05) is 11.6 Å². The Balaban J connectivity index is 2.32. The van der Waals surface area contributed by atoms with Crippen molar-refractivity contribution in [1.29, 1.82) is 0 Å². The number of hydroxylamine groups is 2. The largest absolute Gasteiger partial charge is 0.286 e. The molecule has 1 atom stereocenters. The predicted octanol–water partition coefficient (Wildman–Crippen LogP) is 1.83. The Labute approximate surface area is 158 Å². The van der Waals surface area contributed by atoms with Crippen LogP contribution in [0.15, 0.2) is 18.2 Å². The Morgan fingerprint density at radius 1 is 1.37 bits per heavy atom. The molecule has 9 heteroatoms. The van der Waals surface area contributed by atoms with Crippen molar-refractivity contribution in [3.05, 3.63) is 23.8 Å². The molecule has 0 unspecified atom stereocenters. The van der Waals surface area contributed by atoms with Crippen LogP contribution in [-0.4, -0.2) is 44.3 Å². The second kappa shape index (κ2) is 8.36. The van der Waals surface area contributed by atoms with Gasteiger partial charge in [0.2, 0.25) is 12.3 Å². The van der Waals surface area contributed by atoms with Gasteiger partial charge in [-0.1, -0.05) is 39.3 Å². The van der Waals surface area contributed by atoms with Gasteiger partial charge >= 0.3 is 0 Å². The SMILES string of the molecule is CCC(C)(C)C[C@H](CN(O)C=O)C(=O)N(N)c1nnc2cccc(C)c2n1. The minimum atomic E-state index is -0.712. The normalized spacial score (nSPS) is 12.7. The average Bonchev–Trinajstić information content (AvgIpc) is 2.66. The Kier molecular flexibility index (Phi) is 6.40. The standard InChI is InChI=1S/C18H26N6O3/c1-5-18(3,4)9-13(10-23(27)11-25)16(26)24(19)17-20-15-12(2)7-6-8-14(15)21-22-17/h6-8,11,13,27H,5,9-10,19H2,1-4H3/t13-/m1/s1. The van der Waals surface area contributed by atoms with Crippen molar-refractivity contribution < 1.29 is 14.8 Å². The molecule has 0 saturated heterocycles. The van der Waals surface area contributed by atoms with E-state index in [1.54, 1.807) is 6.07 Å². The van der Waals surface area contributed by atoms with Crippen LogP contribution in [-0.2, 0) is 9.59 Å². The molecule has 0 fully saturated rings. The summed E-state index contributed by atoms with van der Waals surface area (Å²) >= 11 is 0. The first-order valence-electron chi connectivity index (χ1n) is 8.78. The summed E-state index contributed by atoms with van der Waals surface area (Å²) in [7, 11) is 0. The molecule has 0 saturated carbocycles. The number of para-hydroxylation sites is 1. The summed E-state index contributed by atoms with van der Waals surface area (Å²) in [6.07, 6.45) is 1.51. The number of hydrazine groups is 1. The Morgan fingerprint density at radius 3 is 2.70 bits per heavy atom. The van der Waals surface area contributed by atoms with Gasteiger partial charge in [-0.15, -0.1) is 10.2 Å². The maximum absolute atomic E-state index is 12.9. The summed E-state index contributed by atoms with van der Waals surface area (Å²) in [4.78, 5) is 28.1. The van der Waals surface area contributed by atoms with Crippen LogP contribution >= 0.6 is 0 Å². The van der Waals surface area contributed by atoms with Crippen molar-refractivity contribution in [3.63, 3.8) is 0 Å². The van der Waals surface area contributed by atoms with Crippen molar-refractivity contribution in [2.24, 2.45) is 17.2 Å². The van der Waals surface area contributed by atoms with Gasteiger partial charge < -0.3 is 0 Å². The van der Waals surface area contributed by atoms with Crippen molar-refractivity contribution in [2.45, 2.75) is 40.5 Å². The molecule has 0 aliphatic carbocycles. The number of carbonyl (C=O) groups excluding carboxylic acids is 2. The van der Waals surface area contributed by atoms with Gasteiger partial charge in [0.05, 0.1) is 18.0 Å². The van der Waals surface area contributed by atoms with Crippen molar-refractivity contribution >= 4 is 29.3 Å². The van der Waals surface area contributed by atoms with Gasteiger partial charge in [-0.3, -0.25) is 14.8 Å². The zero-order chi connectivity index (χ0) is 20.2. The van der Waals surface area contributed by atoms with Crippen LogP contribution in [0.5, 0.6) is 0 Å². The molecule has 2 aromatic rings. The first-order valence-corrected chi connectivity index (χ1v) is 8.78. The van der Waals surface area contributed by atoms with Gasteiger partial charge in [-0.25, -0.2) is 20.9 Å². The molecular formula is C18H26N6O3. The number of aryl methyl sites for hydroxylation is 1. The minimum absolute atomic E-state index is 0.0308. The van der Waals surface area contributed by atoms with Crippen LogP contribution in [0.1, 0.15) is 39.2 Å². The number of nitrogens with zero attached hydrogens (tertiary/aromatic N) is 5. The lowest BCUT2D eigenvalue weighted by Gasteiger charge is -2.30. The van der Waals surface area contributed by atoms with E-state index >= 15 is 0 Å². The summed E-state index contributed by atoms with van der Waals surface area (Å²) in [5, 5.41) is 18.9. The molecule has 3 N–H and O–H groups in total. The molecule has 1 heterocycles. The smallest absolute Gasteiger partial charge is 0.267 e. The first-order chi connectivity index (χ1) is 12.7. The fraction of sp³-hybridized carbons (Fsp3) is 0.500. The molecule has 0 aliphatic heterocycles. The molecular weight excluding hydrogens is 348 g/mol. The van der Waals surface area contributed by atoms with Crippen LogP contribution < -0.4 is 10.9 Å². The van der Waals surface area contributed by atoms with E-state index in [0.717, 1.165) is 17.0 Å². The molecule has 1 aromatic heterocycles. The number of aromatic nitrogens is 3. The van der Waals surface area contributed by atoms with Crippen LogP contribution in [0.25, 0.3) is 11.0 Å². The molecule has 0 bridgehead atoms. The van der Waals surface area contributed by atoms with Crippen LogP contribution in [0.4, 0.5) is 5.95 Å². The number of carbonyl (C=O) groups is 2. The Hall–Kier alpha value is -2.65. The Morgan fingerprint density at radius 2 is 2.07 bits per heavy atom. The third-order valence-corrected chi connectivity index (χ3v) is 4.76. The van der Waals surface area contributed by atoms with E-state index in [2.05, 4.69) is 15.2 Å². The van der Waals surface area contributed by atoms with Crippen LogP contribution in [0.2, 0.25) is 0 Å². The third kappa shape index (κ3) is 4.95. The van der Waals surface area contributed by atoms with Crippen molar-refractivity contribution in [1.82, 2.24) is 20.2 Å². The molecule has 0 aliphatic rings.